The molecular weight excluding hydrogens is 256 g/mol. The summed E-state index contributed by atoms with van der Waals surface area (Å²) in [6.45, 7) is 3.06. The second kappa shape index (κ2) is 7.77. The summed E-state index contributed by atoms with van der Waals surface area (Å²) < 4.78 is 0. The largest absolute Gasteiger partial charge is 0.512 e. The number of rotatable bonds is 1. The maximum Gasteiger partial charge on any atom is 0.160 e. The molecule has 0 unspecified atom stereocenters. The van der Waals surface area contributed by atoms with Gasteiger partial charge in [-0.15, -0.1) is 0 Å². The Kier molecular flexibility index (Phi) is 7.11. The number of allylic oxidation sites excluding steroid dienone is 6. The van der Waals surface area contributed by atoms with Gasteiger partial charge in [0.15, 0.2) is 5.78 Å². The van der Waals surface area contributed by atoms with Crippen molar-refractivity contribution in [1.82, 2.24) is 0 Å². The number of aliphatic hydroxyl groups excluding tert-OH is 1. The number of Topliss-reactive ketones (excluding diaryl/α,β-unsaturated/α-hetero) is 1. The molecule has 0 saturated carbocycles. The van der Waals surface area contributed by atoms with Crippen LogP contribution >= 0.6 is 0 Å². The number of hydrogen-bond acceptors (Lipinski definition) is 2. The second-order valence-corrected chi connectivity index (χ2v) is 3.46. The molecule has 0 bridgehead atoms. The van der Waals surface area contributed by atoms with Gasteiger partial charge in [0.25, 0.3) is 0 Å². The van der Waals surface area contributed by atoms with Crippen molar-refractivity contribution in [3.05, 3.63) is 65.5 Å². The Morgan fingerprint density at radius 1 is 1.24 bits per heavy atom. The molecule has 1 aromatic rings. The van der Waals surface area contributed by atoms with Crippen LogP contribution in [0.25, 0.3) is 0 Å². The van der Waals surface area contributed by atoms with E-state index in [4.69, 9.17) is 5.11 Å². The fourth-order valence-electron chi connectivity index (χ4n) is 1.36. The van der Waals surface area contributed by atoms with Crippen molar-refractivity contribution >= 4 is 5.78 Å². The van der Waals surface area contributed by atoms with Crippen LogP contribution in [-0.4, -0.2) is 10.9 Å². The average Bonchev–Trinajstić information content (AvgIpc) is 2.92. The standard InChI is InChI=1S/C9H10O2.C5H5.Fe/c1-6(10)8-4-3-5-9(8)7(2)11;1-2-4-5-3-1;/h3-5,10H,1-2H3;1-5H;/q;-1;/b8-6-;;. The Bertz CT molecular complexity index is 416. The van der Waals surface area contributed by atoms with Crippen molar-refractivity contribution < 1.29 is 27.0 Å². The van der Waals surface area contributed by atoms with E-state index < -0.39 is 0 Å². The molecule has 0 fully saturated rings. The molecular formula is C14H15FeO2-. The van der Waals surface area contributed by atoms with E-state index in [1.807, 2.05) is 30.3 Å². The van der Waals surface area contributed by atoms with Gasteiger partial charge in [-0.1, -0.05) is 18.2 Å². The minimum atomic E-state index is -0.0154. The fourth-order valence-corrected chi connectivity index (χ4v) is 1.36. The van der Waals surface area contributed by atoms with E-state index in [0.717, 1.165) is 0 Å². The molecule has 0 spiro atoms. The van der Waals surface area contributed by atoms with Crippen LogP contribution in [0.1, 0.15) is 13.8 Å². The van der Waals surface area contributed by atoms with Crippen LogP contribution in [0.5, 0.6) is 0 Å². The van der Waals surface area contributed by atoms with Crippen LogP contribution in [-0.2, 0) is 21.9 Å². The van der Waals surface area contributed by atoms with Crippen molar-refractivity contribution in [3.63, 3.8) is 0 Å². The van der Waals surface area contributed by atoms with E-state index in [1.165, 1.54) is 6.92 Å². The summed E-state index contributed by atoms with van der Waals surface area (Å²) in [6.07, 6.45) is 5.19. The number of aliphatic hydroxyl groups is 1. The summed E-state index contributed by atoms with van der Waals surface area (Å²) in [5.74, 6) is 0.179. The third-order valence-electron chi connectivity index (χ3n) is 2.14. The quantitative estimate of drug-likeness (QED) is 0.483. The molecule has 3 heteroatoms. The first-order valence-corrected chi connectivity index (χ1v) is 5.09. The molecule has 0 aromatic heterocycles. The van der Waals surface area contributed by atoms with E-state index in [9.17, 15) is 4.79 Å². The monoisotopic (exact) mass is 271 g/mol. The predicted molar refractivity (Wildman–Crippen MR) is 65.3 cm³/mol. The summed E-state index contributed by atoms with van der Waals surface area (Å²) in [7, 11) is 0. The first-order chi connectivity index (χ1) is 7.63. The van der Waals surface area contributed by atoms with Gasteiger partial charge in [-0.05, 0) is 13.8 Å². The zero-order valence-electron chi connectivity index (χ0n) is 9.83. The number of hydrogen-bond donors (Lipinski definition) is 1. The minimum Gasteiger partial charge on any atom is -0.512 e. The zero-order valence-corrected chi connectivity index (χ0v) is 10.9. The maximum absolute atomic E-state index is 10.9. The molecule has 0 atom stereocenters. The summed E-state index contributed by atoms with van der Waals surface area (Å²) in [5, 5.41) is 9.11. The Morgan fingerprint density at radius 2 is 1.82 bits per heavy atom. The minimum absolute atomic E-state index is 0. The molecule has 1 N–H and O–H groups in total. The van der Waals surface area contributed by atoms with Gasteiger partial charge in [0, 0.05) is 28.2 Å². The molecule has 0 amide bonds. The first kappa shape index (κ1) is 15.6. The normalized spacial score (nSPS) is 15.3. The molecule has 0 heterocycles. The van der Waals surface area contributed by atoms with Gasteiger partial charge in [0.05, 0.1) is 5.76 Å². The third kappa shape index (κ3) is 4.94. The molecule has 2 nitrogen and oxygen atoms in total. The van der Waals surface area contributed by atoms with E-state index in [1.54, 1.807) is 25.2 Å². The Hall–Kier alpha value is -1.44. The predicted octanol–water partition coefficient (Wildman–Crippen LogP) is 3.31. The van der Waals surface area contributed by atoms with Crippen molar-refractivity contribution in [2.45, 2.75) is 13.8 Å². The summed E-state index contributed by atoms with van der Waals surface area (Å²) in [5.41, 5.74) is 1.22. The summed E-state index contributed by atoms with van der Waals surface area (Å²) >= 11 is 0. The Labute approximate surface area is 112 Å². The number of carbonyl (C=O) groups is 1. The molecule has 0 saturated heterocycles. The summed E-state index contributed by atoms with van der Waals surface area (Å²) in [6, 6.07) is 10.0. The molecule has 0 radical (unpaired) electrons. The van der Waals surface area contributed by atoms with Crippen LogP contribution in [0.2, 0.25) is 0 Å². The van der Waals surface area contributed by atoms with Gasteiger partial charge in [-0.3, -0.25) is 4.79 Å². The van der Waals surface area contributed by atoms with E-state index in [2.05, 4.69) is 0 Å². The van der Waals surface area contributed by atoms with Gasteiger partial charge in [0.1, 0.15) is 0 Å². The van der Waals surface area contributed by atoms with Crippen LogP contribution in [0.3, 0.4) is 0 Å². The fraction of sp³-hybridized carbons (Fsp3) is 0.143. The Balaban J connectivity index is 0.000000360. The Morgan fingerprint density at radius 3 is 2.12 bits per heavy atom. The van der Waals surface area contributed by atoms with Gasteiger partial charge in [0.2, 0.25) is 0 Å². The smallest absolute Gasteiger partial charge is 0.160 e. The van der Waals surface area contributed by atoms with Crippen molar-refractivity contribution in [2.75, 3.05) is 0 Å². The van der Waals surface area contributed by atoms with Gasteiger partial charge in [-0.2, -0.15) is 18.2 Å². The van der Waals surface area contributed by atoms with Gasteiger partial charge in [-0.25, -0.2) is 12.1 Å². The van der Waals surface area contributed by atoms with E-state index >= 15 is 0 Å². The van der Waals surface area contributed by atoms with E-state index in [0.29, 0.717) is 11.1 Å². The average molecular weight is 271 g/mol. The first-order valence-electron chi connectivity index (χ1n) is 5.09. The van der Waals surface area contributed by atoms with E-state index in [-0.39, 0.29) is 28.6 Å². The molecule has 1 aliphatic carbocycles. The third-order valence-corrected chi connectivity index (χ3v) is 2.14. The zero-order chi connectivity index (χ0) is 12.0. The molecule has 0 aliphatic heterocycles. The number of ketones is 1. The van der Waals surface area contributed by atoms with Crippen molar-refractivity contribution in [3.8, 4) is 0 Å². The molecule has 1 aliphatic rings. The van der Waals surface area contributed by atoms with Crippen LogP contribution in [0.15, 0.2) is 65.5 Å². The van der Waals surface area contributed by atoms with Gasteiger partial charge < -0.3 is 5.11 Å². The maximum atomic E-state index is 10.9. The van der Waals surface area contributed by atoms with Crippen molar-refractivity contribution in [1.29, 1.82) is 0 Å². The topological polar surface area (TPSA) is 37.3 Å². The van der Waals surface area contributed by atoms with Crippen LogP contribution < -0.4 is 0 Å². The van der Waals surface area contributed by atoms with Crippen molar-refractivity contribution in [2.24, 2.45) is 0 Å². The number of carbonyl (C=O) groups excluding carboxylic acids is 1. The molecule has 2 rings (SSSR count). The molecule has 17 heavy (non-hydrogen) atoms. The van der Waals surface area contributed by atoms with Crippen LogP contribution in [0.4, 0.5) is 0 Å². The SMILES string of the molecule is CC(=O)C1=CC=C/C1=C(\C)O.[Fe].c1cc[cH-]c1. The second-order valence-electron chi connectivity index (χ2n) is 3.46. The van der Waals surface area contributed by atoms with Gasteiger partial charge >= 0.3 is 0 Å². The molecule has 92 valence electrons. The summed E-state index contributed by atoms with van der Waals surface area (Å²) in [4.78, 5) is 10.9. The van der Waals surface area contributed by atoms with Crippen LogP contribution in [0, 0.1) is 0 Å². The molecule has 1 aromatic carbocycles.